The third-order valence-corrected chi connectivity index (χ3v) is 2.10. The molecular weight excluding hydrogens is 232 g/mol. The smallest absolute Gasteiger partial charge is 0.358 e. The van der Waals surface area contributed by atoms with Crippen LogP contribution in [0.1, 0.15) is 10.5 Å². The SMILES string of the molecule is Cn1nc(C(=O)O)c(-c2ccc(F)cc2F)n1. The molecule has 0 saturated heterocycles. The highest BCUT2D eigenvalue weighted by atomic mass is 19.1. The zero-order chi connectivity index (χ0) is 12.6. The molecule has 2 aromatic rings. The van der Waals surface area contributed by atoms with Crippen molar-refractivity contribution in [2.24, 2.45) is 7.05 Å². The molecule has 0 spiro atoms. The number of carbonyl (C=O) groups is 1. The lowest BCUT2D eigenvalue weighted by molar-refractivity contribution is 0.0690. The van der Waals surface area contributed by atoms with Gasteiger partial charge in [-0.3, -0.25) is 0 Å². The molecule has 0 aliphatic carbocycles. The van der Waals surface area contributed by atoms with Crippen LogP contribution in [0.4, 0.5) is 8.78 Å². The van der Waals surface area contributed by atoms with Gasteiger partial charge in [-0.05, 0) is 12.1 Å². The highest BCUT2D eigenvalue weighted by molar-refractivity contribution is 5.92. The van der Waals surface area contributed by atoms with Gasteiger partial charge in [-0.25, -0.2) is 13.6 Å². The molecular formula is C10H7F2N3O2. The minimum absolute atomic E-state index is 0.100. The van der Waals surface area contributed by atoms with Crippen LogP contribution >= 0.6 is 0 Å². The van der Waals surface area contributed by atoms with Crippen molar-refractivity contribution in [2.75, 3.05) is 0 Å². The molecule has 0 atom stereocenters. The van der Waals surface area contributed by atoms with Crippen LogP contribution in [0.2, 0.25) is 0 Å². The highest BCUT2D eigenvalue weighted by Gasteiger charge is 2.21. The Kier molecular flexibility index (Phi) is 2.58. The molecule has 5 nitrogen and oxygen atoms in total. The Hall–Kier alpha value is -2.31. The summed E-state index contributed by atoms with van der Waals surface area (Å²) in [7, 11) is 1.41. The largest absolute Gasteiger partial charge is 0.476 e. The van der Waals surface area contributed by atoms with Crippen LogP contribution in [0.5, 0.6) is 0 Å². The molecule has 0 aliphatic rings. The number of rotatable bonds is 2. The zero-order valence-electron chi connectivity index (χ0n) is 8.69. The number of aryl methyl sites for hydroxylation is 1. The van der Waals surface area contributed by atoms with Gasteiger partial charge in [-0.1, -0.05) is 0 Å². The molecule has 1 N–H and O–H groups in total. The molecule has 0 unspecified atom stereocenters. The summed E-state index contributed by atoms with van der Waals surface area (Å²) >= 11 is 0. The van der Waals surface area contributed by atoms with E-state index in [1.807, 2.05) is 0 Å². The van der Waals surface area contributed by atoms with Gasteiger partial charge < -0.3 is 5.11 Å². The number of benzene rings is 1. The maximum Gasteiger partial charge on any atom is 0.358 e. The Labute approximate surface area is 94.3 Å². The summed E-state index contributed by atoms with van der Waals surface area (Å²) in [5.74, 6) is -2.95. The third-order valence-electron chi connectivity index (χ3n) is 2.10. The first-order chi connectivity index (χ1) is 7.99. The van der Waals surface area contributed by atoms with Crippen LogP contribution in [0, 0.1) is 11.6 Å². The summed E-state index contributed by atoms with van der Waals surface area (Å²) in [6.45, 7) is 0. The van der Waals surface area contributed by atoms with E-state index < -0.39 is 17.6 Å². The lowest BCUT2D eigenvalue weighted by Crippen LogP contribution is -2.01. The van der Waals surface area contributed by atoms with Crippen molar-refractivity contribution in [1.29, 1.82) is 0 Å². The van der Waals surface area contributed by atoms with E-state index in [4.69, 9.17) is 5.11 Å². The fraction of sp³-hybridized carbons (Fsp3) is 0.100. The number of hydrogen-bond donors (Lipinski definition) is 1. The number of carboxylic acid groups (broad SMARTS) is 1. The molecule has 0 radical (unpaired) electrons. The topological polar surface area (TPSA) is 68.0 Å². The predicted octanol–water partition coefficient (Wildman–Crippen LogP) is 1.46. The fourth-order valence-electron chi connectivity index (χ4n) is 1.41. The van der Waals surface area contributed by atoms with Gasteiger partial charge in [0, 0.05) is 18.7 Å². The van der Waals surface area contributed by atoms with Crippen molar-refractivity contribution in [3.05, 3.63) is 35.5 Å². The van der Waals surface area contributed by atoms with E-state index in [-0.39, 0.29) is 17.0 Å². The first kappa shape index (κ1) is 11.2. The Morgan fingerprint density at radius 2 is 2.06 bits per heavy atom. The van der Waals surface area contributed by atoms with E-state index in [2.05, 4.69) is 10.2 Å². The number of halogens is 2. The lowest BCUT2D eigenvalue weighted by Gasteiger charge is -1.99. The second-order valence-electron chi connectivity index (χ2n) is 3.32. The summed E-state index contributed by atoms with van der Waals surface area (Å²) < 4.78 is 26.2. The maximum absolute atomic E-state index is 13.5. The first-order valence-electron chi connectivity index (χ1n) is 4.59. The second kappa shape index (κ2) is 3.93. The van der Waals surface area contributed by atoms with Gasteiger partial charge in [0.25, 0.3) is 0 Å². The van der Waals surface area contributed by atoms with Crippen molar-refractivity contribution in [3.8, 4) is 11.3 Å². The van der Waals surface area contributed by atoms with E-state index in [1.54, 1.807) is 0 Å². The van der Waals surface area contributed by atoms with Gasteiger partial charge in [0.15, 0.2) is 5.69 Å². The van der Waals surface area contributed by atoms with Gasteiger partial charge in [-0.2, -0.15) is 9.90 Å². The van der Waals surface area contributed by atoms with Crippen LogP contribution in [-0.4, -0.2) is 26.1 Å². The van der Waals surface area contributed by atoms with Crippen molar-refractivity contribution in [3.63, 3.8) is 0 Å². The number of aromatic carboxylic acids is 1. The van der Waals surface area contributed by atoms with Crippen LogP contribution in [0.3, 0.4) is 0 Å². The Morgan fingerprint density at radius 1 is 1.35 bits per heavy atom. The standard InChI is InChI=1S/C10H7F2N3O2/c1-15-13-8(9(14-15)10(16)17)6-3-2-5(11)4-7(6)12/h2-4H,1H3,(H,16,17). The van der Waals surface area contributed by atoms with Crippen LogP contribution in [0.15, 0.2) is 18.2 Å². The van der Waals surface area contributed by atoms with Crippen molar-refractivity contribution < 1.29 is 18.7 Å². The summed E-state index contributed by atoms with van der Waals surface area (Å²) in [5.41, 5.74) is -0.604. The fourth-order valence-corrected chi connectivity index (χ4v) is 1.41. The van der Waals surface area contributed by atoms with Crippen molar-refractivity contribution >= 4 is 5.97 Å². The van der Waals surface area contributed by atoms with Crippen LogP contribution < -0.4 is 0 Å². The zero-order valence-corrected chi connectivity index (χ0v) is 8.69. The molecule has 1 heterocycles. The Morgan fingerprint density at radius 3 is 2.65 bits per heavy atom. The molecule has 17 heavy (non-hydrogen) atoms. The van der Waals surface area contributed by atoms with E-state index in [1.165, 1.54) is 7.05 Å². The minimum Gasteiger partial charge on any atom is -0.476 e. The van der Waals surface area contributed by atoms with Gasteiger partial charge in [0.1, 0.15) is 17.3 Å². The Bertz CT molecular complexity index is 595. The van der Waals surface area contributed by atoms with E-state index >= 15 is 0 Å². The molecule has 2 rings (SSSR count). The molecule has 0 bridgehead atoms. The third kappa shape index (κ3) is 1.99. The van der Waals surface area contributed by atoms with Crippen molar-refractivity contribution in [1.82, 2.24) is 15.0 Å². The lowest BCUT2D eigenvalue weighted by atomic mass is 10.1. The van der Waals surface area contributed by atoms with Crippen LogP contribution in [0.25, 0.3) is 11.3 Å². The normalized spacial score (nSPS) is 10.5. The average Bonchev–Trinajstić information content (AvgIpc) is 2.60. The number of aromatic nitrogens is 3. The van der Waals surface area contributed by atoms with E-state index in [0.29, 0.717) is 6.07 Å². The average molecular weight is 239 g/mol. The molecule has 7 heteroatoms. The van der Waals surface area contributed by atoms with Crippen molar-refractivity contribution in [2.45, 2.75) is 0 Å². The molecule has 88 valence electrons. The highest BCUT2D eigenvalue weighted by Crippen LogP contribution is 2.23. The van der Waals surface area contributed by atoms with Gasteiger partial charge >= 0.3 is 5.97 Å². The second-order valence-corrected chi connectivity index (χ2v) is 3.32. The summed E-state index contributed by atoms with van der Waals surface area (Å²) in [6, 6.07) is 2.81. The summed E-state index contributed by atoms with van der Waals surface area (Å²) in [6.07, 6.45) is 0. The van der Waals surface area contributed by atoms with Gasteiger partial charge in [-0.15, -0.1) is 5.10 Å². The number of carboxylic acids is 1. The van der Waals surface area contributed by atoms with Crippen LogP contribution in [-0.2, 0) is 7.05 Å². The Balaban J connectivity index is 2.63. The summed E-state index contributed by atoms with van der Waals surface area (Å²) in [4.78, 5) is 11.9. The summed E-state index contributed by atoms with van der Waals surface area (Å²) in [5, 5.41) is 16.2. The van der Waals surface area contributed by atoms with Gasteiger partial charge in [0.2, 0.25) is 0 Å². The monoisotopic (exact) mass is 239 g/mol. The molecule has 0 fully saturated rings. The molecule has 1 aromatic carbocycles. The van der Waals surface area contributed by atoms with E-state index in [0.717, 1.165) is 16.9 Å². The van der Waals surface area contributed by atoms with Gasteiger partial charge in [0.05, 0.1) is 0 Å². The first-order valence-corrected chi connectivity index (χ1v) is 4.59. The molecule has 0 aliphatic heterocycles. The molecule has 1 aromatic heterocycles. The predicted molar refractivity (Wildman–Crippen MR) is 53.3 cm³/mol. The van der Waals surface area contributed by atoms with E-state index in [9.17, 15) is 13.6 Å². The quantitative estimate of drug-likeness (QED) is 0.861. The number of nitrogens with zero attached hydrogens (tertiary/aromatic N) is 3. The minimum atomic E-state index is -1.32. The molecule has 0 saturated carbocycles. The molecule has 0 amide bonds. The number of hydrogen-bond acceptors (Lipinski definition) is 3. The maximum atomic E-state index is 13.5.